The number of halogens is 1. The summed E-state index contributed by atoms with van der Waals surface area (Å²) in [6.45, 7) is 5.45. The number of esters is 1. The van der Waals surface area contributed by atoms with E-state index in [2.05, 4.69) is 0 Å². The lowest BCUT2D eigenvalue weighted by Crippen LogP contribution is -2.23. The molecule has 1 aromatic rings. The van der Waals surface area contributed by atoms with E-state index >= 15 is 0 Å². The zero-order chi connectivity index (χ0) is 15.1. The van der Waals surface area contributed by atoms with Gasteiger partial charge in [0.15, 0.2) is 6.61 Å². The SMILES string of the molecule is CCC(N)Cc1cccc(Cl)c1OCC(=O)OC(C)C. The molecule has 0 aliphatic rings. The van der Waals surface area contributed by atoms with Crippen LogP contribution >= 0.6 is 11.6 Å². The lowest BCUT2D eigenvalue weighted by Gasteiger charge is -2.16. The van der Waals surface area contributed by atoms with Crippen molar-refractivity contribution in [3.8, 4) is 5.75 Å². The van der Waals surface area contributed by atoms with Crippen molar-refractivity contribution in [1.82, 2.24) is 0 Å². The number of rotatable bonds is 7. The first-order valence-corrected chi connectivity index (χ1v) is 7.17. The highest BCUT2D eigenvalue weighted by Crippen LogP contribution is 2.29. The van der Waals surface area contributed by atoms with Crippen LogP contribution in [0.25, 0.3) is 0 Å². The maximum Gasteiger partial charge on any atom is 0.344 e. The molecule has 0 radical (unpaired) electrons. The van der Waals surface area contributed by atoms with Crippen molar-refractivity contribution in [3.05, 3.63) is 28.8 Å². The predicted octanol–water partition coefficient (Wildman–Crippen LogP) is 2.95. The van der Waals surface area contributed by atoms with E-state index in [4.69, 9.17) is 26.8 Å². The van der Waals surface area contributed by atoms with Crippen molar-refractivity contribution in [3.63, 3.8) is 0 Å². The summed E-state index contributed by atoms with van der Waals surface area (Å²) in [5.41, 5.74) is 6.86. The Bertz CT molecular complexity index is 449. The van der Waals surface area contributed by atoms with E-state index in [-0.39, 0.29) is 18.8 Å². The highest BCUT2D eigenvalue weighted by atomic mass is 35.5. The van der Waals surface area contributed by atoms with Gasteiger partial charge in [-0.1, -0.05) is 30.7 Å². The second kappa shape index (κ2) is 8.12. The van der Waals surface area contributed by atoms with Gasteiger partial charge in [-0.15, -0.1) is 0 Å². The number of hydrogen-bond acceptors (Lipinski definition) is 4. The summed E-state index contributed by atoms with van der Waals surface area (Å²) in [5.74, 6) is 0.101. The molecular formula is C15H22ClNO3. The van der Waals surface area contributed by atoms with E-state index < -0.39 is 5.97 Å². The Morgan fingerprint density at radius 3 is 2.70 bits per heavy atom. The molecule has 0 aliphatic heterocycles. The molecule has 0 heterocycles. The van der Waals surface area contributed by atoms with Gasteiger partial charge >= 0.3 is 5.97 Å². The van der Waals surface area contributed by atoms with Crippen LogP contribution in [0, 0.1) is 0 Å². The minimum absolute atomic E-state index is 0.0402. The van der Waals surface area contributed by atoms with Crippen molar-refractivity contribution in [2.24, 2.45) is 5.73 Å². The van der Waals surface area contributed by atoms with Crippen LogP contribution in [0.2, 0.25) is 5.02 Å². The molecule has 1 atom stereocenters. The van der Waals surface area contributed by atoms with E-state index in [9.17, 15) is 4.79 Å². The molecule has 20 heavy (non-hydrogen) atoms. The number of carbonyl (C=O) groups is 1. The van der Waals surface area contributed by atoms with Crippen LogP contribution in [-0.2, 0) is 16.0 Å². The number of ether oxygens (including phenoxy) is 2. The Morgan fingerprint density at radius 2 is 2.10 bits per heavy atom. The molecule has 0 aromatic heterocycles. The zero-order valence-electron chi connectivity index (χ0n) is 12.2. The fraction of sp³-hybridized carbons (Fsp3) is 0.533. The average Bonchev–Trinajstić information content (AvgIpc) is 2.37. The van der Waals surface area contributed by atoms with Gasteiger partial charge in [0.05, 0.1) is 11.1 Å². The third-order valence-electron chi connectivity index (χ3n) is 2.76. The Morgan fingerprint density at radius 1 is 1.40 bits per heavy atom. The first kappa shape index (κ1) is 16.8. The molecule has 1 aromatic carbocycles. The van der Waals surface area contributed by atoms with Crippen LogP contribution in [0.15, 0.2) is 18.2 Å². The summed E-state index contributed by atoms with van der Waals surface area (Å²) in [5, 5.41) is 0.475. The number of carbonyl (C=O) groups excluding carboxylic acids is 1. The van der Waals surface area contributed by atoms with Crippen molar-refractivity contribution in [2.75, 3.05) is 6.61 Å². The van der Waals surface area contributed by atoms with Crippen LogP contribution in [0.3, 0.4) is 0 Å². The van der Waals surface area contributed by atoms with Crippen molar-refractivity contribution >= 4 is 17.6 Å². The Labute approximate surface area is 125 Å². The monoisotopic (exact) mass is 299 g/mol. The molecule has 4 nitrogen and oxygen atoms in total. The first-order chi connectivity index (χ1) is 9.43. The third-order valence-corrected chi connectivity index (χ3v) is 3.05. The van der Waals surface area contributed by atoms with Gasteiger partial charge in [-0.2, -0.15) is 0 Å². The molecule has 0 saturated heterocycles. The summed E-state index contributed by atoms with van der Waals surface area (Å²) >= 11 is 6.13. The van der Waals surface area contributed by atoms with Crippen LogP contribution in [0.1, 0.15) is 32.8 Å². The van der Waals surface area contributed by atoms with Crippen LogP contribution in [0.4, 0.5) is 0 Å². The fourth-order valence-corrected chi connectivity index (χ4v) is 1.98. The summed E-state index contributed by atoms with van der Waals surface area (Å²) in [6.07, 6.45) is 1.36. The standard InChI is InChI=1S/C15H22ClNO3/c1-4-12(17)8-11-6-5-7-13(16)15(11)19-9-14(18)20-10(2)3/h5-7,10,12H,4,8-9,17H2,1-3H3. The number of benzene rings is 1. The Balaban J connectivity index is 2.75. The molecule has 0 fully saturated rings. The minimum Gasteiger partial charge on any atom is -0.480 e. The maximum absolute atomic E-state index is 11.5. The van der Waals surface area contributed by atoms with Gasteiger partial charge in [-0.3, -0.25) is 0 Å². The molecule has 0 bridgehead atoms. The number of hydrogen-bond donors (Lipinski definition) is 1. The maximum atomic E-state index is 11.5. The molecule has 2 N–H and O–H groups in total. The zero-order valence-corrected chi connectivity index (χ0v) is 12.9. The smallest absolute Gasteiger partial charge is 0.344 e. The van der Waals surface area contributed by atoms with Gasteiger partial charge in [0, 0.05) is 6.04 Å². The molecule has 5 heteroatoms. The van der Waals surface area contributed by atoms with Crippen molar-refractivity contribution in [2.45, 2.75) is 45.8 Å². The summed E-state index contributed by atoms with van der Waals surface area (Å²) < 4.78 is 10.5. The molecule has 0 spiro atoms. The second-order valence-corrected chi connectivity index (χ2v) is 5.34. The molecular weight excluding hydrogens is 278 g/mol. The predicted molar refractivity (Wildman–Crippen MR) is 80.1 cm³/mol. The van der Waals surface area contributed by atoms with E-state index in [0.717, 1.165) is 12.0 Å². The molecule has 112 valence electrons. The van der Waals surface area contributed by atoms with Crippen molar-refractivity contribution in [1.29, 1.82) is 0 Å². The lowest BCUT2D eigenvalue weighted by molar-refractivity contribution is -0.149. The first-order valence-electron chi connectivity index (χ1n) is 6.79. The number of nitrogens with two attached hydrogens (primary N) is 1. The second-order valence-electron chi connectivity index (χ2n) is 4.93. The van der Waals surface area contributed by atoms with E-state index in [1.807, 2.05) is 19.1 Å². The molecule has 1 rings (SSSR count). The largest absolute Gasteiger partial charge is 0.480 e. The number of para-hydroxylation sites is 1. The third kappa shape index (κ3) is 5.39. The van der Waals surface area contributed by atoms with Crippen molar-refractivity contribution < 1.29 is 14.3 Å². The van der Waals surface area contributed by atoms with E-state index in [1.54, 1.807) is 19.9 Å². The molecule has 0 saturated carbocycles. The fourth-order valence-electron chi connectivity index (χ4n) is 1.73. The highest BCUT2D eigenvalue weighted by molar-refractivity contribution is 6.32. The van der Waals surface area contributed by atoms with E-state index in [0.29, 0.717) is 17.2 Å². The quantitative estimate of drug-likeness (QED) is 0.786. The molecule has 1 unspecified atom stereocenters. The van der Waals surface area contributed by atoms with Crippen LogP contribution < -0.4 is 10.5 Å². The summed E-state index contributed by atoms with van der Waals surface area (Å²) in [6, 6.07) is 5.52. The molecule has 0 aliphatic carbocycles. The van der Waals surface area contributed by atoms with Gasteiger partial charge in [0.2, 0.25) is 0 Å². The van der Waals surface area contributed by atoms with Gasteiger partial charge in [-0.05, 0) is 38.3 Å². The van der Waals surface area contributed by atoms with Gasteiger partial charge in [0.1, 0.15) is 5.75 Å². The highest BCUT2D eigenvalue weighted by Gasteiger charge is 2.14. The topological polar surface area (TPSA) is 61.5 Å². The molecule has 0 amide bonds. The summed E-state index contributed by atoms with van der Waals surface area (Å²) in [4.78, 5) is 11.5. The normalized spacial score (nSPS) is 12.3. The average molecular weight is 300 g/mol. The van der Waals surface area contributed by atoms with Crippen LogP contribution in [0.5, 0.6) is 5.75 Å². The summed E-state index contributed by atoms with van der Waals surface area (Å²) in [7, 11) is 0. The van der Waals surface area contributed by atoms with E-state index in [1.165, 1.54) is 0 Å². The van der Waals surface area contributed by atoms with Gasteiger partial charge in [0.25, 0.3) is 0 Å². The lowest BCUT2D eigenvalue weighted by atomic mass is 10.0. The van der Waals surface area contributed by atoms with Gasteiger partial charge in [-0.25, -0.2) is 4.79 Å². The minimum atomic E-state index is -0.411. The Kier molecular flexibility index (Phi) is 6.82. The van der Waals surface area contributed by atoms with Gasteiger partial charge < -0.3 is 15.2 Å². The van der Waals surface area contributed by atoms with Crippen LogP contribution in [-0.4, -0.2) is 24.7 Å². The Hall–Kier alpha value is -1.26.